The van der Waals surface area contributed by atoms with E-state index in [0.717, 1.165) is 0 Å². The Morgan fingerprint density at radius 3 is 2.60 bits per heavy atom. The quantitative estimate of drug-likeness (QED) is 0.292. The fourth-order valence-corrected chi connectivity index (χ4v) is 0.534. The Bertz CT molecular complexity index is 115. The maximum absolute atomic E-state index is 10.4. The summed E-state index contributed by atoms with van der Waals surface area (Å²) in [6.45, 7) is 1.66. The standard InChI is InChI=1S/C5H12N2O3/c1-3(6)2-4(8)5(9)7-10/h3-4,8,10H,2,6H2,1H3,(H,7,9)/t3-,4-/m1/s1. The molecular formula is C5H12N2O3. The van der Waals surface area contributed by atoms with Crippen LogP contribution in [-0.2, 0) is 4.79 Å². The Hall–Kier alpha value is -0.650. The smallest absolute Gasteiger partial charge is 0.272 e. The van der Waals surface area contributed by atoms with Gasteiger partial charge in [-0.25, -0.2) is 5.48 Å². The molecule has 0 heterocycles. The van der Waals surface area contributed by atoms with Crippen LogP contribution in [0.2, 0.25) is 0 Å². The zero-order valence-corrected chi connectivity index (χ0v) is 5.74. The Morgan fingerprint density at radius 1 is 1.80 bits per heavy atom. The Balaban J connectivity index is 3.61. The van der Waals surface area contributed by atoms with Gasteiger partial charge in [-0.3, -0.25) is 10.0 Å². The van der Waals surface area contributed by atoms with E-state index in [1.807, 2.05) is 0 Å². The average molecular weight is 148 g/mol. The lowest BCUT2D eigenvalue weighted by molar-refractivity contribution is -0.138. The zero-order chi connectivity index (χ0) is 8.15. The molecule has 0 aliphatic carbocycles. The molecule has 0 unspecified atom stereocenters. The minimum Gasteiger partial charge on any atom is -0.383 e. The largest absolute Gasteiger partial charge is 0.383 e. The number of rotatable bonds is 3. The van der Waals surface area contributed by atoms with Gasteiger partial charge in [0.2, 0.25) is 0 Å². The van der Waals surface area contributed by atoms with Gasteiger partial charge in [-0.2, -0.15) is 0 Å². The number of hydrogen-bond donors (Lipinski definition) is 4. The van der Waals surface area contributed by atoms with Crippen LogP contribution < -0.4 is 11.2 Å². The van der Waals surface area contributed by atoms with Crippen molar-refractivity contribution >= 4 is 5.91 Å². The molecule has 0 aliphatic rings. The molecule has 0 aromatic heterocycles. The molecule has 5 N–H and O–H groups in total. The van der Waals surface area contributed by atoms with E-state index in [0.29, 0.717) is 0 Å². The Labute approximate surface area is 58.8 Å². The van der Waals surface area contributed by atoms with Crippen molar-refractivity contribution in [3.63, 3.8) is 0 Å². The van der Waals surface area contributed by atoms with Crippen LogP contribution in [-0.4, -0.2) is 28.4 Å². The monoisotopic (exact) mass is 148 g/mol. The van der Waals surface area contributed by atoms with Crippen molar-refractivity contribution in [1.82, 2.24) is 5.48 Å². The normalized spacial score (nSPS) is 16.0. The van der Waals surface area contributed by atoms with Crippen LogP contribution in [0.15, 0.2) is 0 Å². The van der Waals surface area contributed by atoms with Gasteiger partial charge in [0, 0.05) is 6.04 Å². The third-order valence-electron chi connectivity index (χ3n) is 1.01. The first-order valence-corrected chi connectivity index (χ1v) is 2.95. The van der Waals surface area contributed by atoms with Crippen LogP contribution in [0.4, 0.5) is 0 Å². The van der Waals surface area contributed by atoms with Crippen LogP contribution in [0.5, 0.6) is 0 Å². The Morgan fingerprint density at radius 2 is 2.30 bits per heavy atom. The number of carbonyl (C=O) groups is 1. The summed E-state index contributed by atoms with van der Waals surface area (Å²) in [5, 5.41) is 16.9. The highest BCUT2D eigenvalue weighted by Gasteiger charge is 2.14. The van der Waals surface area contributed by atoms with Crippen molar-refractivity contribution in [2.24, 2.45) is 5.73 Å². The van der Waals surface area contributed by atoms with Gasteiger partial charge < -0.3 is 10.8 Å². The highest BCUT2D eigenvalue weighted by atomic mass is 16.5. The van der Waals surface area contributed by atoms with Crippen molar-refractivity contribution < 1.29 is 15.1 Å². The van der Waals surface area contributed by atoms with E-state index in [1.165, 1.54) is 5.48 Å². The fourth-order valence-electron chi connectivity index (χ4n) is 0.534. The van der Waals surface area contributed by atoms with Crippen molar-refractivity contribution in [2.45, 2.75) is 25.5 Å². The molecule has 0 aromatic rings. The number of carbonyl (C=O) groups excluding carboxylic acids is 1. The molecule has 60 valence electrons. The minimum atomic E-state index is -1.22. The fraction of sp³-hybridized carbons (Fsp3) is 0.800. The number of nitrogens with two attached hydrogens (primary N) is 1. The number of hydrogen-bond acceptors (Lipinski definition) is 4. The first-order valence-electron chi connectivity index (χ1n) is 2.95. The summed E-state index contributed by atoms with van der Waals surface area (Å²) < 4.78 is 0. The van der Waals surface area contributed by atoms with Crippen LogP contribution in [0.25, 0.3) is 0 Å². The van der Waals surface area contributed by atoms with E-state index in [-0.39, 0.29) is 12.5 Å². The van der Waals surface area contributed by atoms with E-state index in [2.05, 4.69) is 0 Å². The number of nitrogens with one attached hydrogen (secondary N) is 1. The minimum absolute atomic E-state index is 0.145. The van der Waals surface area contributed by atoms with Gasteiger partial charge in [-0.15, -0.1) is 0 Å². The van der Waals surface area contributed by atoms with Gasteiger partial charge in [-0.05, 0) is 13.3 Å². The topological polar surface area (TPSA) is 95.6 Å². The van der Waals surface area contributed by atoms with Crippen molar-refractivity contribution in [2.75, 3.05) is 0 Å². The lowest BCUT2D eigenvalue weighted by atomic mass is 10.1. The molecule has 0 rings (SSSR count). The number of aliphatic hydroxyl groups excluding tert-OH is 1. The average Bonchev–Trinajstić information content (AvgIpc) is 1.85. The second kappa shape index (κ2) is 4.21. The summed E-state index contributed by atoms with van der Waals surface area (Å²) in [5.41, 5.74) is 6.59. The summed E-state index contributed by atoms with van der Waals surface area (Å²) in [4.78, 5) is 10.4. The van der Waals surface area contributed by atoms with Gasteiger partial charge in [0.25, 0.3) is 5.91 Å². The van der Waals surface area contributed by atoms with Crippen LogP contribution in [0.1, 0.15) is 13.3 Å². The van der Waals surface area contributed by atoms with Crippen molar-refractivity contribution in [1.29, 1.82) is 0 Å². The lowest BCUT2D eigenvalue weighted by Gasteiger charge is -2.09. The summed E-state index contributed by atoms with van der Waals surface area (Å²) >= 11 is 0. The maximum Gasteiger partial charge on any atom is 0.272 e. The predicted octanol–water partition coefficient (Wildman–Crippen LogP) is -1.41. The summed E-state index contributed by atoms with van der Waals surface area (Å²) in [6, 6.07) is -0.257. The molecule has 0 radical (unpaired) electrons. The molecule has 0 fully saturated rings. The molecule has 1 amide bonds. The highest BCUT2D eigenvalue weighted by molar-refractivity contribution is 5.79. The molecule has 10 heavy (non-hydrogen) atoms. The van der Waals surface area contributed by atoms with Crippen LogP contribution in [0.3, 0.4) is 0 Å². The van der Waals surface area contributed by atoms with E-state index < -0.39 is 12.0 Å². The van der Waals surface area contributed by atoms with Crippen molar-refractivity contribution in [3.8, 4) is 0 Å². The molecule has 0 spiro atoms. The SMILES string of the molecule is C[C@@H](N)C[C@@H](O)C(=O)NO. The number of amides is 1. The maximum atomic E-state index is 10.4. The predicted molar refractivity (Wildman–Crippen MR) is 34.2 cm³/mol. The number of hydroxylamine groups is 1. The molecule has 2 atom stereocenters. The third-order valence-corrected chi connectivity index (χ3v) is 1.01. The van der Waals surface area contributed by atoms with Gasteiger partial charge in [-0.1, -0.05) is 0 Å². The molecule has 5 heteroatoms. The molecule has 0 bridgehead atoms. The van der Waals surface area contributed by atoms with Crippen LogP contribution >= 0.6 is 0 Å². The Kier molecular flexibility index (Phi) is 3.94. The van der Waals surface area contributed by atoms with Gasteiger partial charge in [0.15, 0.2) is 0 Å². The summed E-state index contributed by atoms with van der Waals surface area (Å²) in [5.74, 6) is -0.822. The first kappa shape index (κ1) is 9.35. The van der Waals surface area contributed by atoms with Gasteiger partial charge in [0.05, 0.1) is 0 Å². The molecule has 5 nitrogen and oxygen atoms in total. The summed E-state index contributed by atoms with van der Waals surface area (Å²) in [6.07, 6.45) is -1.07. The lowest BCUT2D eigenvalue weighted by Crippen LogP contribution is -2.36. The first-order chi connectivity index (χ1) is 4.57. The van der Waals surface area contributed by atoms with E-state index in [1.54, 1.807) is 6.92 Å². The van der Waals surface area contributed by atoms with Crippen LogP contribution in [0, 0.1) is 0 Å². The van der Waals surface area contributed by atoms with Gasteiger partial charge in [0.1, 0.15) is 6.10 Å². The summed E-state index contributed by atoms with van der Waals surface area (Å²) in [7, 11) is 0. The van der Waals surface area contributed by atoms with Crippen molar-refractivity contribution in [3.05, 3.63) is 0 Å². The molecule has 0 aliphatic heterocycles. The second-order valence-corrected chi connectivity index (χ2v) is 2.20. The zero-order valence-electron chi connectivity index (χ0n) is 5.74. The van der Waals surface area contributed by atoms with Gasteiger partial charge >= 0.3 is 0 Å². The third kappa shape index (κ3) is 3.39. The molecular weight excluding hydrogens is 136 g/mol. The molecule has 0 aromatic carbocycles. The second-order valence-electron chi connectivity index (χ2n) is 2.20. The van der Waals surface area contributed by atoms with E-state index in [4.69, 9.17) is 16.0 Å². The highest BCUT2D eigenvalue weighted by Crippen LogP contribution is 1.93. The molecule has 0 saturated carbocycles. The van der Waals surface area contributed by atoms with E-state index in [9.17, 15) is 4.79 Å². The number of aliphatic hydroxyl groups is 1. The van der Waals surface area contributed by atoms with E-state index >= 15 is 0 Å². The molecule has 0 saturated heterocycles.